The number of nitrogens with one attached hydrogen (secondary N) is 1. The normalized spacial score (nSPS) is 15.6. The average molecular weight is 408 g/mol. The predicted octanol–water partition coefficient (Wildman–Crippen LogP) is 2.91. The summed E-state index contributed by atoms with van der Waals surface area (Å²) in [4.78, 5) is 18.2. The van der Waals surface area contributed by atoms with Gasteiger partial charge in [-0.15, -0.1) is 0 Å². The van der Waals surface area contributed by atoms with Crippen LogP contribution in [-0.2, 0) is 11.2 Å². The van der Waals surface area contributed by atoms with Crippen LogP contribution in [0.1, 0.15) is 31.6 Å². The van der Waals surface area contributed by atoms with Gasteiger partial charge in [0, 0.05) is 37.5 Å². The molecule has 0 radical (unpaired) electrons. The van der Waals surface area contributed by atoms with Gasteiger partial charge in [0.15, 0.2) is 0 Å². The highest BCUT2D eigenvalue weighted by Crippen LogP contribution is 2.20. The van der Waals surface area contributed by atoms with Crippen molar-refractivity contribution in [2.75, 3.05) is 26.7 Å². The van der Waals surface area contributed by atoms with E-state index in [1.807, 2.05) is 24.3 Å². The van der Waals surface area contributed by atoms with Gasteiger partial charge >= 0.3 is 0 Å². The van der Waals surface area contributed by atoms with Crippen molar-refractivity contribution in [2.45, 2.75) is 44.6 Å². The molecular formula is C20H26F2N4O3. The van der Waals surface area contributed by atoms with Crippen LogP contribution >= 0.6 is 0 Å². The summed E-state index contributed by atoms with van der Waals surface area (Å²) in [6.07, 6.45) is 0.568. The topological polar surface area (TPSA) is 80.5 Å². The van der Waals surface area contributed by atoms with Crippen LogP contribution in [-0.4, -0.2) is 60.2 Å². The Balaban J connectivity index is 1.37. The first-order valence-corrected chi connectivity index (χ1v) is 9.80. The number of aryl methyl sites for hydroxylation is 1. The van der Waals surface area contributed by atoms with Gasteiger partial charge in [-0.3, -0.25) is 9.69 Å². The molecule has 0 spiro atoms. The number of piperidine rings is 1. The van der Waals surface area contributed by atoms with Crippen molar-refractivity contribution < 1.29 is 22.8 Å². The fraction of sp³-hybridized carbons (Fsp3) is 0.550. The third-order valence-corrected chi connectivity index (χ3v) is 4.96. The van der Waals surface area contributed by atoms with Crippen molar-refractivity contribution in [3.05, 3.63) is 30.2 Å². The molecule has 0 aliphatic carbocycles. The Morgan fingerprint density at radius 1 is 1.31 bits per heavy atom. The minimum Gasteiger partial charge on any atom is -0.497 e. The Hall–Kier alpha value is -2.55. The van der Waals surface area contributed by atoms with Gasteiger partial charge in [0.25, 0.3) is 6.43 Å². The SMILES string of the molecule is COc1ccc(-c2noc(CCCC(=O)NC3CCN(CC(F)F)CC3)n2)cc1. The molecule has 2 aromatic rings. The van der Waals surface area contributed by atoms with Crippen molar-refractivity contribution in [1.82, 2.24) is 20.4 Å². The summed E-state index contributed by atoms with van der Waals surface area (Å²) in [7, 11) is 1.61. The number of nitrogens with zero attached hydrogens (tertiary/aromatic N) is 3. The molecule has 2 heterocycles. The van der Waals surface area contributed by atoms with Gasteiger partial charge in [0.05, 0.1) is 13.7 Å². The second-order valence-corrected chi connectivity index (χ2v) is 7.13. The van der Waals surface area contributed by atoms with Gasteiger partial charge in [0.1, 0.15) is 5.75 Å². The summed E-state index contributed by atoms with van der Waals surface area (Å²) < 4.78 is 35.2. The minimum atomic E-state index is -2.31. The van der Waals surface area contributed by atoms with Crippen LogP contribution in [0.4, 0.5) is 8.78 Å². The Labute approximate surface area is 168 Å². The van der Waals surface area contributed by atoms with Crippen LogP contribution in [0.15, 0.2) is 28.8 Å². The zero-order valence-corrected chi connectivity index (χ0v) is 16.4. The number of aromatic nitrogens is 2. The van der Waals surface area contributed by atoms with Crippen LogP contribution in [0.5, 0.6) is 5.75 Å². The Morgan fingerprint density at radius 2 is 2.03 bits per heavy atom. The number of amides is 1. The van der Waals surface area contributed by atoms with E-state index in [1.165, 1.54) is 0 Å². The summed E-state index contributed by atoms with van der Waals surface area (Å²) in [5.41, 5.74) is 0.830. The van der Waals surface area contributed by atoms with Crippen LogP contribution in [0, 0.1) is 0 Å². The summed E-state index contributed by atoms with van der Waals surface area (Å²) in [6, 6.07) is 7.42. The molecule has 1 aromatic carbocycles. The molecule has 29 heavy (non-hydrogen) atoms. The number of carbonyl (C=O) groups excluding carboxylic acids is 1. The molecule has 1 aliphatic rings. The number of ether oxygens (including phenoxy) is 1. The number of alkyl halides is 2. The molecule has 1 fully saturated rings. The molecule has 1 N–H and O–H groups in total. The van der Waals surface area contributed by atoms with Gasteiger partial charge < -0.3 is 14.6 Å². The van der Waals surface area contributed by atoms with Crippen LogP contribution in [0.2, 0.25) is 0 Å². The lowest BCUT2D eigenvalue weighted by atomic mass is 10.0. The molecule has 1 saturated heterocycles. The van der Waals surface area contributed by atoms with E-state index in [4.69, 9.17) is 9.26 Å². The Morgan fingerprint density at radius 3 is 2.69 bits per heavy atom. The fourth-order valence-electron chi connectivity index (χ4n) is 3.37. The Kier molecular flexibility index (Phi) is 7.51. The van der Waals surface area contributed by atoms with Crippen molar-refractivity contribution in [3.63, 3.8) is 0 Å². The first kappa shape index (κ1) is 21.2. The zero-order valence-electron chi connectivity index (χ0n) is 16.4. The van der Waals surface area contributed by atoms with E-state index in [-0.39, 0.29) is 18.5 Å². The van der Waals surface area contributed by atoms with E-state index in [0.717, 1.165) is 11.3 Å². The smallest absolute Gasteiger partial charge is 0.251 e. The van der Waals surface area contributed by atoms with Crippen LogP contribution in [0.25, 0.3) is 11.4 Å². The zero-order chi connectivity index (χ0) is 20.6. The van der Waals surface area contributed by atoms with Gasteiger partial charge in [-0.05, 0) is 43.5 Å². The van der Waals surface area contributed by atoms with Crippen molar-refractivity contribution in [3.8, 4) is 17.1 Å². The fourth-order valence-corrected chi connectivity index (χ4v) is 3.37. The molecule has 0 saturated carbocycles. The lowest BCUT2D eigenvalue weighted by Crippen LogP contribution is -2.45. The van der Waals surface area contributed by atoms with E-state index in [9.17, 15) is 13.6 Å². The maximum absolute atomic E-state index is 12.4. The number of methoxy groups -OCH3 is 1. The highest BCUT2D eigenvalue weighted by molar-refractivity contribution is 5.76. The standard InChI is InChI=1S/C20H26F2N4O3/c1-28-16-7-5-14(6-8-16)20-24-19(29-25-20)4-2-3-18(27)23-15-9-11-26(12-10-15)13-17(21)22/h5-8,15,17H,2-4,9-13H2,1H3,(H,23,27). The van der Waals surface area contributed by atoms with Crippen molar-refractivity contribution >= 4 is 5.91 Å². The molecule has 1 amide bonds. The molecule has 3 rings (SSSR count). The van der Waals surface area contributed by atoms with Crippen LogP contribution in [0.3, 0.4) is 0 Å². The molecule has 0 unspecified atom stereocenters. The molecule has 0 atom stereocenters. The predicted molar refractivity (Wildman–Crippen MR) is 103 cm³/mol. The van der Waals surface area contributed by atoms with Gasteiger partial charge in [0.2, 0.25) is 17.6 Å². The van der Waals surface area contributed by atoms with E-state index < -0.39 is 6.43 Å². The number of rotatable bonds is 9. The lowest BCUT2D eigenvalue weighted by Gasteiger charge is -2.32. The summed E-state index contributed by atoms with van der Waals surface area (Å²) in [6.45, 7) is 0.986. The van der Waals surface area contributed by atoms with E-state index in [2.05, 4.69) is 15.5 Å². The van der Waals surface area contributed by atoms with Crippen LogP contribution < -0.4 is 10.1 Å². The van der Waals surface area contributed by atoms with E-state index in [1.54, 1.807) is 12.0 Å². The summed E-state index contributed by atoms with van der Waals surface area (Å²) in [5.74, 6) is 1.71. The largest absolute Gasteiger partial charge is 0.497 e. The summed E-state index contributed by atoms with van der Waals surface area (Å²) in [5, 5.41) is 6.96. The van der Waals surface area contributed by atoms with E-state index in [0.29, 0.717) is 56.9 Å². The Bertz CT molecular complexity index is 774. The maximum atomic E-state index is 12.4. The van der Waals surface area contributed by atoms with Crippen molar-refractivity contribution in [2.24, 2.45) is 0 Å². The monoisotopic (exact) mass is 408 g/mol. The third-order valence-electron chi connectivity index (χ3n) is 4.96. The highest BCUT2D eigenvalue weighted by atomic mass is 19.3. The molecular weight excluding hydrogens is 382 g/mol. The van der Waals surface area contributed by atoms with E-state index >= 15 is 0 Å². The van der Waals surface area contributed by atoms with Crippen molar-refractivity contribution in [1.29, 1.82) is 0 Å². The third kappa shape index (κ3) is 6.49. The second-order valence-electron chi connectivity index (χ2n) is 7.13. The number of hydrogen-bond acceptors (Lipinski definition) is 6. The minimum absolute atomic E-state index is 0.0350. The quantitative estimate of drug-likeness (QED) is 0.687. The molecule has 0 bridgehead atoms. The molecule has 9 heteroatoms. The first-order chi connectivity index (χ1) is 14.0. The molecule has 1 aliphatic heterocycles. The number of likely N-dealkylation sites (tertiary alicyclic amines) is 1. The number of halogens is 2. The highest BCUT2D eigenvalue weighted by Gasteiger charge is 2.22. The average Bonchev–Trinajstić information content (AvgIpc) is 3.18. The summed E-state index contributed by atoms with van der Waals surface area (Å²) >= 11 is 0. The molecule has 158 valence electrons. The number of carbonyl (C=O) groups is 1. The second kappa shape index (κ2) is 10.3. The lowest BCUT2D eigenvalue weighted by molar-refractivity contribution is -0.122. The molecule has 1 aromatic heterocycles. The maximum Gasteiger partial charge on any atom is 0.251 e. The first-order valence-electron chi connectivity index (χ1n) is 9.80. The van der Waals surface area contributed by atoms with Gasteiger partial charge in [-0.2, -0.15) is 4.98 Å². The van der Waals surface area contributed by atoms with Gasteiger partial charge in [-0.25, -0.2) is 8.78 Å². The number of hydrogen-bond donors (Lipinski definition) is 1. The number of benzene rings is 1. The molecule has 7 nitrogen and oxygen atoms in total. The van der Waals surface area contributed by atoms with Gasteiger partial charge in [-0.1, -0.05) is 5.16 Å².